The van der Waals surface area contributed by atoms with Gasteiger partial charge in [0.25, 0.3) is 0 Å². The molecule has 0 radical (unpaired) electrons. The Balaban J connectivity index is 3.17. The Labute approximate surface area is 81.5 Å². The number of rotatable bonds is 2. The van der Waals surface area contributed by atoms with Crippen molar-refractivity contribution in [3.05, 3.63) is 16.8 Å². The fraction of sp³-hybridized carbons (Fsp3) is 0.429. The second kappa shape index (κ2) is 3.45. The van der Waals surface area contributed by atoms with Crippen LogP contribution in [0.2, 0.25) is 0 Å². The summed E-state index contributed by atoms with van der Waals surface area (Å²) in [5, 5.41) is 9.47. The van der Waals surface area contributed by atoms with Crippen molar-refractivity contribution in [3.63, 3.8) is 0 Å². The van der Waals surface area contributed by atoms with Gasteiger partial charge in [0.05, 0.1) is 5.60 Å². The van der Waals surface area contributed by atoms with Gasteiger partial charge in [-0.3, -0.25) is 0 Å². The van der Waals surface area contributed by atoms with Gasteiger partial charge in [-0.1, -0.05) is 0 Å². The summed E-state index contributed by atoms with van der Waals surface area (Å²) in [7, 11) is 0. The maximum Gasteiger partial charge on any atom is 0.199 e. The van der Waals surface area contributed by atoms with Gasteiger partial charge in [0.2, 0.25) is 0 Å². The van der Waals surface area contributed by atoms with Gasteiger partial charge in [0.1, 0.15) is 0 Å². The van der Waals surface area contributed by atoms with Crippen LogP contribution in [0.15, 0.2) is 10.3 Å². The van der Waals surface area contributed by atoms with E-state index in [2.05, 4.69) is 0 Å². The first-order chi connectivity index (χ1) is 5.82. The molecule has 0 aromatic carbocycles. The molecule has 0 aliphatic rings. The molecule has 0 amide bonds. The number of aliphatic hydroxyl groups is 1. The molecule has 1 rings (SSSR count). The highest BCUT2D eigenvalue weighted by Crippen LogP contribution is 2.31. The molecule has 0 bridgehead atoms. The minimum Gasteiger partial charge on any atom is -0.385 e. The van der Waals surface area contributed by atoms with Crippen molar-refractivity contribution >= 4 is 22.4 Å². The van der Waals surface area contributed by atoms with Crippen LogP contribution in [0.25, 0.3) is 0 Å². The number of thiophene rings is 1. The maximum absolute atomic E-state index is 12.9. The minimum atomic E-state index is -2.32. The standard InChI is InChI=1S/C7H9FO3S2/c1-7(2,9)5-3-4(8)6(12-5)13(10)11/h3,9H,1-2H3,(H,10,11). The lowest BCUT2D eigenvalue weighted by atomic mass is 10.1. The highest BCUT2D eigenvalue weighted by atomic mass is 32.2. The fourth-order valence-electron chi connectivity index (χ4n) is 0.773. The zero-order chi connectivity index (χ0) is 10.2. The van der Waals surface area contributed by atoms with E-state index >= 15 is 0 Å². The van der Waals surface area contributed by atoms with Crippen LogP contribution in [0.1, 0.15) is 18.7 Å². The first kappa shape index (κ1) is 10.8. The molecule has 1 aromatic heterocycles. The zero-order valence-electron chi connectivity index (χ0n) is 7.07. The third-order valence-corrected chi connectivity index (χ3v) is 3.82. The first-order valence-electron chi connectivity index (χ1n) is 3.45. The van der Waals surface area contributed by atoms with E-state index < -0.39 is 22.5 Å². The predicted molar refractivity (Wildman–Crippen MR) is 48.6 cm³/mol. The predicted octanol–water partition coefficient (Wildman–Crippen LogP) is 1.70. The Bertz CT molecular complexity index is 340. The maximum atomic E-state index is 12.9. The molecule has 0 aliphatic carbocycles. The first-order valence-corrected chi connectivity index (χ1v) is 5.37. The molecular formula is C7H9FO3S2. The second-order valence-electron chi connectivity index (χ2n) is 3.05. The van der Waals surface area contributed by atoms with Gasteiger partial charge in [0, 0.05) is 4.88 Å². The van der Waals surface area contributed by atoms with Crippen LogP contribution in [0, 0.1) is 5.82 Å². The van der Waals surface area contributed by atoms with Crippen molar-refractivity contribution in [1.29, 1.82) is 0 Å². The van der Waals surface area contributed by atoms with Crippen molar-refractivity contribution in [3.8, 4) is 0 Å². The van der Waals surface area contributed by atoms with Crippen molar-refractivity contribution in [2.75, 3.05) is 0 Å². The Morgan fingerprint density at radius 3 is 2.38 bits per heavy atom. The van der Waals surface area contributed by atoms with E-state index in [0.29, 0.717) is 4.88 Å². The Kier molecular flexibility index (Phi) is 2.86. The Hall–Kier alpha value is -0.300. The molecule has 6 heteroatoms. The third-order valence-electron chi connectivity index (χ3n) is 1.42. The summed E-state index contributed by atoms with van der Waals surface area (Å²) in [4.78, 5) is 0.336. The van der Waals surface area contributed by atoms with Gasteiger partial charge in [-0.2, -0.15) is 0 Å². The molecule has 1 heterocycles. The third kappa shape index (κ3) is 2.34. The average Bonchev–Trinajstić information content (AvgIpc) is 2.29. The van der Waals surface area contributed by atoms with Crippen molar-refractivity contribution in [2.45, 2.75) is 23.7 Å². The summed E-state index contributed by atoms with van der Waals surface area (Å²) >= 11 is -1.52. The molecule has 0 fully saturated rings. The average molecular weight is 224 g/mol. The largest absolute Gasteiger partial charge is 0.385 e. The Morgan fingerprint density at radius 2 is 2.15 bits per heavy atom. The topological polar surface area (TPSA) is 57.5 Å². The van der Waals surface area contributed by atoms with Crippen LogP contribution in [0.5, 0.6) is 0 Å². The van der Waals surface area contributed by atoms with Gasteiger partial charge in [-0.25, -0.2) is 8.60 Å². The van der Waals surface area contributed by atoms with Crippen molar-refractivity contribution in [2.24, 2.45) is 0 Å². The van der Waals surface area contributed by atoms with Crippen molar-refractivity contribution in [1.82, 2.24) is 0 Å². The summed E-state index contributed by atoms with van der Waals surface area (Å²) in [6.45, 7) is 2.98. The van der Waals surface area contributed by atoms with Gasteiger partial charge in [-0.05, 0) is 19.9 Å². The SMILES string of the molecule is CC(C)(O)c1cc(F)c(S(=O)O)s1. The number of halogens is 1. The smallest absolute Gasteiger partial charge is 0.199 e. The minimum absolute atomic E-state index is 0.253. The van der Waals surface area contributed by atoms with E-state index in [-0.39, 0.29) is 4.21 Å². The number of hydrogen-bond donors (Lipinski definition) is 2. The molecule has 13 heavy (non-hydrogen) atoms. The molecular weight excluding hydrogens is 215 g/mol. The van der Waals surface area contributed by atoms with E-state index in [1.54, 1.807) is 0 Å². The summed E-state index contributed by atoms with van der Waals surface area (Å²) in [5.41, 5.74) is -1.18. The fourth-order valence-corrected chi connectivity index (χ4v) is 2.32. The van der Waals surface area contributed by atoms with E-state index in [9.17, 15) is 13.7 Å². The van der Waals surface area contributed by atoms with E-state index in [1.165, 1.54) is 13.8 Å². The summed E-state index contributed by atoms with van der Waals surface area (Å²) < 4.78 is 31.9. The summed E-state index contributed by atoms with van der Waals surface area (Å²) in [6.07, 6.45) is 0. The lowest BCUT2D eigenvalue weighted by molar-refractivity contribution is 0.0823. The molecule has 0 saturated carbocycles. The van der Waals surface area contributed by atoms with Crippen LogP contribution in [0.4, 0.5) is 4.39 Å². The molecule has 74 valence electrons. The molecule has 1 atom stereocenters. The molecule has 3 nitrogen and oxygen atoms in total. The normalized spacial score (nSPS) is 14.5. The van der Waals surface area contributed by atoms with Crippen LogP contribution in [0.3, 0.4) is 0 Å². The van der Waals surface area contributed by atoms with Crippen LogP contribution >= 0.6 is 11.3 Å². The van der Waals surface area contributed by atoms with Gasteiger partial charge < -0.3 is 9.66 Å². The van der Waals surface area contributed by atoms with Gasteiger partial charge >= 0.3 is 0 Å². The molecule has 1 aromatic rings. The molecule has 0 saturated heterocycles. The molecule has 0 spiro atoms. The molecule has 1 unspecified atom stereocenters. The van der Waals surface area contributed by atoms with E-state index in [4.69, 9.17) is 4.55 Å². The van der Waals surface area contributed by atoms with Crippen LogP contribution in [-0.4, -0.2) is 13.9 Å². The highest BCUT2D eigenvalue weighted by molar-refractivity contribution is 7.81. The molecule has 0 aliphatic heterocycles. The number of hydrogen-bond acceptors (Lipinski definition) is 3. The highest BCUT2D eigenvalue weighted by Gasteiger charge is 2.23. The second-order valence-corrected chi connectivity index (χ2v) is 5.27. The Morgan fingerprint density at radius 1 is 1.62 bits per heavy atom. The quantitative estimate of drug-likeness (QED) is 0.752. The lowest BCUT2D eigenvalue weighted by Crippen LogP contribution is -2.12. The lowest BCUT2D eigenvalue weighted by Gasteiger charge is -2.13. The van der Waals surface area contributed by atoms with E-state index in [0.717, 1.165) is 17.4 Å². The van der Waals surface area contributed by atoms with Crippen LogP contribution in [-0.2, 0) is 16.7 Å². The van der Waals surface area contributed by atoms with Crippen LogP contribution < -0.4 is 0 Å². The summed E-state index contributed by atoms with van der Waals surface area (Å²) in [6, 6.07) is 1.08. The van der Waals surface area contributed by atoms with E-state index in [1.807, 2.05) is 0 Å². The zero-order valence-corrected chi connectivity index (χ0v) is 8.71. The monoisotopic (exact) mass is 224 g/mol. The summed E-state index contributed by atoms with van der Waals surface area (Å²) in [5.74, 6) is -0.747. The van der Waals surface area contributed by atoms with Gasteiger partial charge in [0.15, 0.2) is 21.1 Å². The molecule has 2 N–H and O–H groups in total. The van der Waals surface area contributed by atoms with Crippen molar-refractivity contribution < 1.29 is 18.3 Å². The van der Waals surface area contributed by atoms with Gasteiger partial charge in [-0.15, -0.1) is 11.3 Å².